The zero-order valence-electron chi connectivity index (χ0n) is 28.3. The summed E-state index contributed by atoms with van der Waals surface area (Å²) in [6.07, 6.45) is 6.28. The molecule has 2 N–H and O–H groups in total. The van der Waals surface area contributed by atoms with Gasteiger partial charge in [0.25, 0.3) is 5.92 Å². The molecule has 1 aliphatic carbocycles. The number of nitrogens with two attached hydrogens (primary N) is 1. The monoisotopic (exact) mass is 753 g/mol. The number of nitrogen functional groups attached to an aromatic ring is 1. The molecule has 6 heterocycles. The molecular weight excluding hydrogens is 718 g/mol. The van der Waals surface area contributed by atoms with E-state index in [1.165, 1.54) is 12.1 Å². The van der Waals surface area contributed by atoms with Crippen LogP contribution in [0.15, 0.2) is 18.2 Å². The highest BCUT2D eigenvalue weighted by Gasteiger charge is 2.64. The fourth-order valence-corrected chi connectivity index (χ4v) is 10.7. The third-order valence-corrected chi connectivity index (χ3v) is 13.6. The molecule has 52 heavy (non-hydrogen) atoms. The van der Waals surface area contributed by atoms with Crippen molar-refractivity contribution in [1.82, 2.24) is 19.8 Å². The van der Waals surface area contributed by atoms with E-state index in [-0.39, 0.29) is 53.9 Å². The van der Waals surface area contributed by atoms with E-state index in [4.69, 9.17) is 27.1 Å². The minimum Gasteiger partial charge on any atom is -0.461 e. The molecule has 0 radical (unpaired) electrons. The van der Waals surface area contributed by atoms with Crippen molar-refractivity contribution in [1.29, 1.82) is 5.26 Å². The Morgan fingerprint density at radius 2 is 1.77 bits per heavy atom. The van der Waals surface area contributed by atoms with E-state index in [9.17, 15) is 23.2 Å². The zero-order valence-corrected chi connectivity index (χ0v) is 29.9. The number of piperidine rings is 1. The molecule has 2 aromatic carbocycles. The molecule has 4 aliphatic heterocycles. The summed E-state index contributed by atoms with van der Waals surface area (Å²) in [6.45, 7) is 3.69. The zero-order chi connectivity index (χ0) is 36.2. The smallest absolute Gasteiger partial charge is 0.319 e. The topological polar surface area (TPSA) is 112 Å². The minimum absolute atomic E-state index is 0.0125. The number of likely N-dealkylation sites (tertiary alicyclic amines) is 1. The van der Waals surface area contributed by atoms with Gasteiger partial charge in [0.15, 0.2) is 5.82 Å². The van der Waals surface area contributed by atoms with Gasteiger partial charge in [0.1, 0.15) is 40.7 Å². The summed E-state index contributed by atoms with van der Waals surface area (Å²) < 4.78 is 66.4. The number of ether oxygens (including phenoxy) is 1. The summed E-state index contributed by atoms with van der Waals surface area (Å²) >= 11 is 7.81. The fraction of sp³-hybridized carbons (Fsp3) is 0.514. The van der Waals surface area contributed by atoms with Crippen LogP contribution in [-0.2, 0) is 4.79 Å². The van der Waals surface area contributed by atoms with E-state index in [1.54, 1.807) is 11.0 Å². The van der Waals surface area contributed by atoms with Crippen molar-refractivity contribution in [2.75, 3.05) is 50.0 Å². The van der Waals surface area contributed by atoms with Crippen molar-refractivity contribution in [2.24, 2.45) is 5.92 Å². The predicted octanol–water partition coefficient (Wildman–Crippen LogP) is 7.52. The van der Waals surface area contributed by atoms with Gasteiger partial charge in [-0.2, -0.15) is 15.2 Å². The van der Waals surface area contributed by atoms with Gasteiger partial charge in [-0.15, -0.1) is 11.3 Å². The fourth-order valence-electron chi connectivity index (χ4n) is 9.49. The second-order valence-corrected chi connectivity index (χ2v) is 16.5. The van der Waals surface area contributed by atoms with E-state index in [0.29, 0.717) is 50.3 Å². The molecule has 0 bridgehead atoms. The molecule has 1 amide bonds. The summed E-state index contributed by atoms with van der Waals surface area (Å²) in [5.74, 6) is -5.57. The van der Waals surface area contributed by atoms with E-state index < -0.39 is 41.3 Å². The van der Waals surface area contributed by atoms with Crippen molar-refractivity contribution in [3.8, 4) is 23.2 Å². The van der Waals surface area contributed by atoms with Crippen molar-refractivity contribution >= 4 is 60.7 Å². The average molecular weight is 754 g/mol. The first-order chi connectivity index (χ1) is 24.9. The first kappa shape index (κ1) is 33.9. The number of hydrogen-bond donors (Lipinski definition) is 1. The summed E-state index contributed by atoms with van der Waals surface area (Å²) in [7, 11) is 0. The van der Waals surface area contributed by atoms with Gasteiger partial charge in [0.2, 0.25) is 5.91 Å². The lowest BCUT2D eigenvalue weighted by molar-refractivity contribution is -0.139. The van der Waals surface area contributed by atoms with Gasteiger partial charge in [-0.1, -0.05) is 17.7 Å². The molecule has 5 fully saturated rings. The molecular formula is C37H36ClF4N7O2S. The number of alkyl halides is 2. The first-order valence-electron chi connectivity index (χ1n) is 17.9. The van der Waals surface area contributed by atoms with E-state index in [1.807, 2.05) is 11.0 Å². The molecule has 272 valence electrons. The highest BCUT2D eigenvalue weighted by Crippen LogP contribution is 2.52. The lowest BCUT2D eigenvalue weighted by atomic mass is 9.84. The standard InChI is InChI=1S/C37H36ClF4N7O2S/c38-24-16-21-29(28(40)27(24)20-4-5-25(39)30-26(20)22(18-43)31(44)52-30)45-34(51-19-36-7-1-11-48(36)12-2-8-36)46-32(21)47-14-9-35(10-15-47)6-3-13-49(35)33(50)23-17-37(23,41)42/h4-5,16,23H,1-3,6-15,17,19,44H2. The molecule has 1 saturated carbocycles. The molecule has 9 rings (SSSR count). The predicted molar refractivity (Wildman–Crippen MR) is 191 cm³/mol. The van der Waals surface area contributed by atoms with Crippen LogP contribution in [0.1, 0.15) is 63.4 Å². The molecule has 4 aromatic rings. The number of carbonyl (C=O) groups is 1. The van der Waals surface area contributed by atoms with Gasteiger partial charge in [0, 0.05) is 47.9 Å². The molecule has 9 nitrogen and oxygen atoms in total. The maximum Gasteiger partial charge on any atom is 0.319 e. The van der Waals surface area contributed by atoms with Crippen LogP contribution in [0, 0.1) is 28.9 Å². The Labute approximate surface area is 306 Å². The van der Waals surface area contributed by atoms with Crippen molar-refractivity contribution in [3.05, 3.63) is 40.4 Å². The second-order valence-electron chi connectivity index (χ2n) is 15.1. The molecule has 1 atom stereocenters. The molecule has 5 aliphatic rings. The van der Waals surface area contributed by atoms with Crippen molar-refractivity contribution in [3.63, 3.8) is 0 Å². The van der Waals surface area contributed by atoms with E-state index in [2.05, 4.69) is 9.88 Å². The van der Waals surface area contributed by atoms with Crippen molar-refractivity contribution < 1.29 is 27.1 Å². The molecule has 4 saturated heterocycles. The Hall–Kier alpha value is -3.93. The maximum atomic E-state index is 17.1. The Balaban J connectivity index is 1.12. The number of thiophene rings is 1. The van der Waals surface area contributed by atoms with Crippen LogP contribution in [-0.4, -0.2) is 82.0 Å². The Morgan fingerprint density at radius 3 is 2.46 bits per heavy atom. The third kappa shape index (κ3) is 5.13. The van der Waals surface area contributed by atoms with Crippen LogP contribution >= 0.6 is 22.9 Å². The van der Waals surface area contributed by atoms with Gasteiger partial charge < -0.3 is 20.3 Å². The number of aromatic nitrogens is 2. The number of halogens is 5. The highest BCUT2D eigenvalue weighted by molar-refractivity contribution is 7.23. The van der Waals surface area contributed by atoms with Gasteiger partial charge in [-0.05, 0) is 82.2 Å². The van der Waals surface area contributed by atoms with Crippen LogP contribution in [0.3, 0.4) is 0 Å². The molecule has 1 spiro atoms. The Bertz CT molecular complexity index is 2190. The summed E-state index contributed by atoms with van der Waals surface area (Å²) in [5, 5.41) is 10.6. The highest BCUT2D eigenvalue weighted by atomic mass is 35.5. The average Bonchev–Trinajstić information content (AvgIpc) is 3.60. The second kappa shape index (κ2) is 12.0. The van der Waals surface area contributed by atoms with E-state index in [0.717, 1.165) is 63.0 Å². The van der Waals surface area contributed by atoms with E-state index >= 15 is 4.39 Å². The van der Waals surface area contributed by atoms with Crippen LogP contribution in [0.5, 0.6) is 6.01 Å². The summed E-state index contributed by atoms with van der Waals surface area (Å²) in [4.78, 5) is 28.8. The third-order valence-electron chi connectivity index (χ3n) is 12.3. The first-order valence-corrected chi connectivity index (χ1v) is 19.1. The van der Waals surface area contributed by atoms with Gasteiger partial charge in [0.05, 0.1) is 20.8 Å². The Morgan fingerprint density at radius 1 is 1.06 bits per heavy atom. The van der Waals surface area contributed by atoms with Crippen LogP contribution in [0.25, 0.3) is 32.1 Å². The maximum absolute atomic E-state index is 17.1. The normalized spacial score (nSPS) is 23.1. The lowest BCUT2D eigenvalue weighted by Gasteiger charge is -2.45. The number of fused-ring (bicyclic) bond motifs is 3. The quantitative estimate of drug-likeness (QED) is 0.202. The Kier molecular flexibility index (Phi) is 7.85. The van der Waals surface area contributed by atoms with Crippen LogP contribution in [0.4, 0.5) is 28.4 Å². The summed E-state index contributed by atoms with van der Waals surface area (Å²) in [5.41, 5.74) is 5.62. The number of amides is 1. The van der Waals surface area contributed by atoms with Gasteiger partial charge in [-0.3, -0.25) is 9.69 Å². The lowest BCUT2D eigenvalue weighted by Crippen LogP contribution is -2.55. The number of nitriles is 1. The summed E-state index contributed by atoms with van der Waals surface area (Å²) in [6, 6.07) is 6.23. The van der Waals surface area contributed by atoms with Crippen molar-refractivity contribution in [2.45, 2.75) is 74.8 Å². The number of benzene rings is 2. The largest absolute Gasteiger partial charge is 0.461 e. The van der Waals surface area contributed by atoms with Crippen LogP contribution in [0.2, 0.25) is 5.02 Å². The molecule has 2 aromatic heterocycles. The number of nitrogens with zero attached hydrogens (tertiary/aromatic N) is 6. The number of carbonyl (C=O) groups excluding carboxylic acids is 1. The minimum atomic E-state index is -2.93. The number of hydrogen-bond acceptors (Lipinski definition) is 9. The SMILES string of the molecule is N#Cc1c(N)sc2c(F)ccc(-c3c(Cl)cc4c(N5CCC6(CCCN6C(=O)C6CC6(F)F)CC5)nc(OCC56CCCN5CCC6)nc4c3F)c12. The molecule has 15 heteroatoms. The number of rotatable bonds is 6. The van der Waals surface area contributed by atoms with Gasteiger partial charge in [-0.25, -0.2) is 17.6 Å². The number of anilines is 2. The molecule has 1 unspecified atom stereocenters. The van der Waals surface area contributed by atoms with Gasteiger partial charge >= 0.3 is 6.01 Å². The van der Waals surface area contributed by atoms with Crippen LogP contribution < -0.4 is 15.4 Å².